The molecule has 0 atom stereocenters. The Labute approximate surface area is 101 Å². The van der Waals surface area contributed by atoms with Crippen LogP contribution >= 0.6 is 22.6 Å². The Kier molecular flexibility index (Phi) is 2.90. The lowest BCUT2D eigenvalue weighted by Gasteiger charge is -2.04. The van der Waals surface area contributed by atoms with Crippen LogP contribution in [0.4, 0.5) is 0 Å². The van der Waals surface area contributed by atoms with Gasteiger partial charge in [-0.3, -0.25) is 0 Å². The van der Waals surface area contributed by atoms with E-state index in [9.17, 15) is 4.79 Å². The molecule has 0 unspecified atom stereocenters. The largest absolute Gasteiger partial charge is 0.465 e. The topological polar surface area (TPSA) is 26.3 Å². The summed E-state index contributed by atoms with van der Waals surface area (Å²) in [7, 11) is 1.40. The minimum absolute atomic E-state index is 0.289. The number of esters is 1. The number of ether oxygens (including phenoxy) is 1. The van der Waals surface area contributed by atoms with Crippen LogP contribution in [0.25, 0.3) is 10.8 Å². The van der Waals surface area contributed by atoms with E-state index in [2.05, 4.69) is 22.6 Å². The minimum atomic E-state index is -0.289. The molecule has 0 spiro atoms. The third kappa shape index (κ3) is 1.97. The molecule has 2 aromatic rings. The quantitative estimate of drug-likeness (QED) is 0.597. The number of benzene rings is 2. The van der Waals surface area contributed by atoms with Gasteiger partial charge in [0, 0.05) is 3.57 Å². The van der Waals surface area contributed by atoms with Gasteiger partial charge in [0.2, 0.25) is 0 Å². The second-order valence-electron chi connectivity index (χ2n) is 3.16. The van der Waals surface area contributed by atoms with E-state index < -0.39 is 0 Å². The lowest BCUT2D eigenvalue weighted by Crippen LogP contribution is -2.01. The molecule has 15 heavy (non-hydrogen) atoms. The molecule has 0 radical (unpaired) electrons. The van der Waals surface area contributed by atoms with Crippen molar-refractivity contribution in [2.45, 2.75) is 0 Å². The van der Waals surface area contributed by atoms with Gasteiger partial charge >= 0.3 is 5.97 Å². The SMILES string of the molecule is COC(=O)c1cccc2ccc(I)cc12. The molecule has 0 aliphatic heterocycles. The van der Waals surface area contributed by atoms with Crippen molar-refractivity contribution in [2.75, 3.05) is 7.11 Å². The Bertz CT molecular complexity index is 520. The number of methoxy groups -OCH3 is 1. The molecule has 0 aliphatic carbocycles. The van der Waals surface area contributed by atoms with Gasteiger partial charge in [-0.1, -0.05) is 18.2 Å². The zero-order chi connectivity index (χ0) is 10.8. The molecule has 0 fully saturated rings. The molecule has 0 saturated heterocycles. The molecule has 0 aromatic heterocycles. The van der Waals surface area contributed by atoms with E-state index in [0.29, 0.717) is 5.56 Å². The van der Waals surface area contributed by atoms with Crippen molar-refractivity contribution < 1.29 is 9.53 Å². The van der Waals surface area contributed by atoms with Crippen LogP contribution in [0.2, 0.25) is 0 Å². The van der Waals surface area contributed by atoms with E-state index >= 15 is 0 Å². The van der Waals surface area contributed by atoms with Crippen LogP contribution < -0.4 is 0 Å². The molecule has 0 amide bonds. The summed E-state index contributed by atoms with van der Waals surface area (Å²) in [6, 6.07) is 11.6. The zero-order valence-electron chi connectivity index (χ0n) is 8.16. The van der Waals surface area contributed by atoms with Gasteiger partial charge < -0.3 is 4.74 Å². The second-order valence-corrected chi connectivity index (χ2v) is 4.41. The fourth-order valence-corrected chi connectivity index (χ4v) is 2.02. The highest BCUT2D eigenvalue weighted by atomic mass is 127. The molecule has 2 rings (SSSR count). The Morgan fingerprint density at radius 2 is 2.07 bits per heavy atom. The first-order valence-corrected chi connectivity index (χ1v) is 5.57. The monoisotopic (exact) mass is 312 g/mol. The van der Waals surface area contributed by atoms with Crippen LogP contribution in [0, 0.1) is 3.57 Å². The first-order valence-electron chi connectivity index (χ1n) is 4.49. The average Bonchev–Trinajstić information content (AvgIpc) is 2.27. The second kappa shape index (κ2) is 4.18. The highest BCUT2D eigenvalue weighted by molar-refractivity contribution is 14.1. The number of rotatable bonds is 1. The summed E-state index contributed by atoms with van der Waals surface area (Å²) in [5, 5.41) is 1.99. The van der Waals surface area contributed by atoms with E-state index in [0.717, 1.165) is 14.3 Å². The van der Waals surface area contributed by atoms with Gasteiger partial charge in [-0.2, -0.15) is 0 Å². The van der Waals surface area contributed by atoms with Crippen LogP contribution in [0.1, 0.15) is 10.4 Å². The van der Waals surface area contributed by atoms with Crippen LogP contribution in [-0.2, 0) is 4.74 Å². The maximum atomic E-state index is 11.5. The Hall–Kier alpha value is -1.10. The number of halogens is 1. The first-order chi connectivity index (χ1) is 7.22. The summed E-state index contributed by atoms with van der Waals surface area (Å²) in [5.74, 6) is -0.289. The van der Waals surface area contributed by atoms with E-state index in [1.165, 1.54) is 7.11 Å². The predicted octanol–water partition coefficient (Wildman–Crippen LogP) is 3.23. The minimum Gasteiger partial charge on any atom is -0.465 e. The van der Waals surface area contributed by atoms with Gasteiger partial charge in [-0.15, -0.1) is 0 Å². The molecule has 0 N–H and O–H groups in total. The lowest BCUT2D eigenvalue weighted by atomic mass is 10.1. The molecule has 3 heteroatoms. The van der Waals surface area contributed by atoms with Crippen molar-refractivity contribution in [1.29, 1.82) is 0 Å². The standard InChI is InChI=1S/C12H9IO2/c1-15-12(14)10-4-2-3-8-5-6-9(13)7-11(8)10/h2-7H,1H3. The summed E-state index contributed by atoms with van der Waals surface area (Å²) in [6.45, 7) is 0. The molecular formula is C12H9IO2. The molecule has 2 aromatic carbocycles. The van der Waals surface area contributed by atoms with Crippen molar-refractivity contribution in [1.82, 2.24) is 0 Å². The number of hydrogen-bond donors (Lipinski definition) is 0. The van der Waals surface area contributed by atoms with Crippen molar-refractivity contribution in [2.24, 2.45) is 0 Å². The maximum absolute atomic E-state index is 11.5. The third-order valence-corrected chi connectivity index (χ3v) is 2.92. The van der Waals surface area contributed by atoms with Gasteiger partial charge in [0.1, 0.15) is 0 Å². The lowest BCUT2D eigenvalue weighted by molar-refractivity contribution is 0.0603. The zero-order valence-corrected chi connectivity index (χ0v) is 10.3. The van der Waals surface area contributed by atoms with Crippen LogP contribution in [0.15, 0.2) is 36.4 Å². The molecule has 2 nitrogen and oxygen atoms in total. The van der Waals surface area contributed by atoms with Gasteiger partial charge in [0.25, 0.3) is 0 Å². The number of carbonyl (C=O) groups excluding carboxylic acids is 1. The van der Waals surface area contributed by atoms with E-state index in [-0.39, 0.29) is 5.97 Å². The average molecular weight is 312 g/mol. The van der Waals surface area contributed by atoms with Crippen LogP contribution in [-0.4, -0.2) is 13.1 Å². The normalized spacial score (nSPS) is 10.3. The first kappa shape index (κ1) is 10.4. The molecule has 0 heterocycles. The van der Waals surface area contributed by atoms with Crippen LogP contribution in [0.5, 0.6) is 0 Å². The van der Waals surface area contributed by atoms with E-state index in [1.54, 1.807) is 6.07 Å². The van der Waals surface area contributed by atoms with Crippen molar-refractivity contribution in [3.63, 3.8) is 0 Å². The van der Waals surface area contributed by atoms with Crippen molar-refractivity contribution in [3.05, 3.63) is 45.5 Å². The summed E-state index contributed by atoms with van der Waals surface area (Å²) < 4.78 is 5.85. The smallest absolute Gasteiger partial charge is 0.338 e. The van der Waals surface area contributed by atoms with Crippen molar-refractivity contribution in [3.8, 4) is 0 Å². The van der Waals surface area contributed by atoms with Gasteiger partial charge in [-0.05, 0) is 51.6 Å². The summed E-state index contributed by atoms with van der Waals surface area (Å²) in [5.41, 5.74) is 0.619. The number of carbonyl (C=O) groups is 1. The summed E-state index contributed by atoms with van der Waals surface area (Å²) in [6.07, 6.45) is 0. The van der Waals surface area contributed by atoms with Crippen LogP contribution in [0.3, 0.4) is 0 Å². The molecule has 0 saturated carbocycles. The third-order valence-electron chi connectivity index (χ3n) is 2.25. The Morgan fingerprint density at radius 1 is 1.27 bits per heavy atom. The molecule has 76 valence electrons. The predicted molar refractivity (Wildman–Crippen MR) is 68.0 cm³/mol. The summed E-state index contributed by atoms with van der Waals surface area (Å²) in [4.78, 5) is 11.5. The molecular weight excluding hydrogens is 303 g/mol. The fraction of sp³-hybridized carbons (Fsp3) is 0.0833. The highest BCUT2D eigenvalue weighted by Gasteiger charge is 2.09. The summed E-state index contributed by atoms with van der Waals surface area (Å²) >= 11 is 2.23. The van der Waals surface area contributed by atoms with E-state index in [1.807, 2.05) is 30.3 Å². The maximum Gasteiger partial charge on any atom is 0.338 e. The Balaban J connectivity index is 2.74. The molecule has 0 aliphatic rings. The van der Waals surface area contributed by atoms with Gasteiger partial charge in [0.15, 0.2) is 0 Å². The Morgan fingerprint density at radius 3 is 2.80 bits per heavy atom. The van der Waals surface area contributed by atoms with Crippen molar-refractivity contribution >= 4 is 39.3 Å². The number of fused-ring (bicyclic) bond motifs is 1. The van der Waals surface area contributed by atoms with Gasteiger partial charge in [-0.25, -0.2) is 4.79 Å². The molecule has 0 bridgehead atoms. The highest BCUT2D eigenvalue weighted by Crippen LogP contribution is 2.21. The van der Waals surface area contributed by atoms with E-state index in [4.69, 9.17) is 4.74 Å². The van der Waals surface area contributed by atoms with Gasteiger partial charge in [0.05, 0.1) is 12.7 Å². The fourth-order valence-electron chi connectivity index (χ4n) is 1.53. The number of hydrogen-bond acceptors (Lipinski definition) is 2.